The second kappa shape index (κ2) is 7.26. The molecule has 1 amide bonds. The van der Waals surface area contributed by atoms with Gasteiger partial charge in [-0.2, -0.15) is 4.89 Å². The maximum atomic E-state index is 13.0. The van der Waals surface area contributed by atoms with Gasteiger partial charge < -0.3 is 19.7 Å². The second-order valence-corrected chi connectivity index (χ2v) is 7.82. The molecule has 3 aliphatic rings. The van der Waals surface area contributed by atoms with Gasteiger partial charge in [-0.15, -0.1) is 0 Å². The summed E-state index contributed by atoms with van der Waals surface area (Å²) in [5, 5.41) is 3.21. The molecule has 1 aromatic rings. The fourth-order valence-corrected chi connectivity index (χ4v) is 4.06. The van der Waals surface area contributed by atoms with Crippen molar-refractivity contribution < 1.29 is 24.0 Å². The van der Waals surface area contributed by atoms with Gasteiger partial charge in [-0.1, -0.05) is 23.8 Å². The smallest absolute Gasteiger partial charge is 0.256 e. The SMILES string of the molecule is CO[C@H]1CC[C@]2(CC1)NC(=O)C(c1cc(C)ccc1C)=C2OOCC1CO1. The third kappa shape index (κ3) is 3.61. The zero-order valence-electron chi connectivity index (χ0n) is 16.2. The van der Waals surface area contributed by atoms with Gasteiger partial charge in [0, 0.05) is 7.11 Å². The highest BCUT2D eigenvalue weighted by molar-refractivity contribution is 6.23. The molecule has 0 radical (unpaired) electrons. The Kier molecular flexibility index (Phi) is 4.97. The van der Waals surface area contributed by atoms with E-state index in [4.69, 9.17) is 19.2 Å². The third-order valence-electron chi connectivity index (χ3n) is 5.82. The minimum absolute atomic E-state index is 0.0964. The number of aryl methyl sites for hydroxylation is 2. The van der Waals surface area contributed by atoms with Crippen molar-refractivity contribution >= 4 is 11.5 Å². The molecule has 1 unspecified atom stereocenters. The summed E-state index contributed by atoms with van der Waals surface area (Å²) >= 11 is 0. The Morgan fingerprint density at radius 3 is 2.67 bits per heavy atom. The van der Waals surface area contributed by atoms with E-state index < -0.39 is 5.54 Å². The van der Waals surface area contributed by atoms with Gasteiger partial charge in [0.1, 0.15) is 18.2 Å². The monoisotopic (exact) mass is 373 g/mol. The van der Waals surface area contributed by atoms with Crippen LogP contribution in [0.2, 0.25) is 0 Å². The average Bonchev–Trinajstić information content (AvgIpc) is 3.44. The largest absolute Gasteiger partial charge is 0.381 e. The molecule has 1 spiro atoms. The summed E-state index contributed by atoms with van der Waals surface area (Å²) in [4.78, 5) is 24.3. The molecule has 0 bridgehead atoms. The molecule has 1 saturated heterocycles. The first kappa shape index (κ1) is 18.5. The molecule has 1 atom stereocenters. The molecule has 1 aliphatic carbocycles. The van der Waals surface area contributed by atoms with Crippen LogP contribution in [0.25, 0.3) is 5.57 Å². The minimum atomic E-state index is -0.526. The summed E-state index contributed by atoms with van der Waals surface area (Å²) in [5.41, 5.74) is 3.11. The highest BCUT2D eigenvalue weighted by Crippen LogP contribution is 2.44. The van der Waals surface area contributed by atoms with Crippen molar-refractivity contribution in [3.63, 3.8) is 0 Å². The maximum Gasteiger partial charge on any atom is 0.256 e. The normalized spacial score (nSPS) is 30.0. The molecule has 2 heterocycles. The van der Waals surface area contributed by atoms with Crippen LogP contribution in [0.3, 0.4) is 0 Å². The number of nitrogens with one attached hydrogen (secondary N) is 1. The molecular formula is C21H27NO5. The van der Waals surface area contributed by atoms with Crippen molar-refractivity contribution in [2.24, 2.45) is 0 Å². The number of carbonyl (C=O) groups excluding carboxylic acids is 1. The number of methoxy groups -OCH3 is 1. The van der Waals surface area contributed by atoms with Crippen molar-refractivity contribution in [3.8, 4) is 0 Å². The summed E-state index contributed by atoms with van der Waals surface area (Å²) < 4.78 is 10.7. The summed E-state index contributed by atoms with van der Waals surface area (Å²) in [6, 6.07) is 6.12. The van der Waals surface area contributed by atoms with Crippen LogP contribution >= 0.6 is 0 Å². The van der Waals surface area contributed by atoms with E-state index in [1.807, 2.05) is 32.0 Å². The Hall–Kier alpha value is -1.89. The molecule has 6 nitrogen and oxygen atoms in total. The maximum absolute atomic E-state index is 13.0. The lowest BCUT2D eigenvalue weighted by Gasteiger charge is -2.37. The molecule has 0 aromatic heterocycles. The fraction of sp³-hybridized carbons (Fsp3) is 0.571. The van der Waals surface area contributed by atoms with Gasteiger partial charge in [0.15, 0.2) is 5.76 Å². The van der Waals surface area contributed by atoms with E-state index in [0.717, 1.165) is 42.4 Å². The minimum Gasteiger partial charge on any atom is -0.381 e. The Labute approximate surface area is 159 Å². The number of rotatable bonds is 6. The van der Waals surface area contributed by atoms with E-state index in [1.54, 1.807) is 7.11 Å². The molecule has 6 heteroatoms. The highest BCUT2D eigenvalue weighted by Gasteiger charge is 2.50. The van der Waals surface area contributed by atoms with Crippen molar-refractivity contribution in [1.29, 1.82) is 0 Å². The molecule has 27 heavy (non-hydrogen) atoms. The van der Waals surface area contributed by atoms with Crippen molar-refractivity contribution in [2.75, 3.05) is 20.3 Å². The van der Waals surface area contributed by atoms with Crippen LogP contribution in [-0.2, 0) is 24.0 Å². The molecule has 4 rings (SSSR count). The first-order valence-electron chi connectivity index (χ1n) is 9.61. The van der Waals surface area contributed by atoms with E-state index in [0.29, 0.717) is 24.5 Å². The zero-order chi connectivity index (χ0) is 19.0. The molecule has 1 aromatic carbocycles. The van der Waals surface area contributed by atoms with Crippen molar-refractivity contribution in [1.82, 2.24) is 5.32 Å². The fourth-order valence-electron chi connectivity index (χ4n) is 4.06. The van der Waals surface area contributed by atoms with E-state index >= 15 is 0 Å². The molecule has 146 valence electrons. The predicted octanol–water partition coefficient (Wildman–Crippen LogP) is 2.82. The van der Waals surface area contributed by atoms with Crippen molar-refractivity contribution in [3.05, 3.63) is 40.6 Å². The predicted molar refractivity (Wildman–Crippen MR) is 99.8 cm³/mol. The van der Waals surface area contributed by atoms with E-state index in [2.05, 4.69) is 5.32 Å². The van der Waals surface area contributed by atoms with Gasteiger partial charge in [0.05, 0.1) is 18.3 Å². The molecule has 2 aliphatic heterocycles. The standard InChI is InChI=1S/C21H27NO5/c1-13-4-5-14(2)17(10-13)18-19(27-26-12-16-11-25-16)21(22-20(18)23)8-6-15(24-3)7-9-21/h4-5,10,15-16H,6-9,11-12H2,1-3H3,(H,22,23)/t15-,16?,21+. The van der Waals surface area contributed by atoms with Crippen LogP contribution < -0.4 is 5.32 Å². The number of benzene rings is 1. The number of amides is 1. The lowest BCUT2D eigenvalue weighted by atomic mass is 9.79. The lowest BCUT2D eigenvalue weighted by Crippen LogP contribution is -2.48. The Balaban J connectivity index is 1.70. The Morgan fingerprint density at radius 2 is 2.00 bits per heavy atom. The number of epoxide rings is 1. The van der Waals surface area contributed by atoms with Crippen LogP contribution in [0.5, 0.6) is 0 Å². The van der Waals surface area contributed by atoms with Gasteiger partial charge in [-0.05, 0) is 50.7 Å². The molecular weight excluding hydrogens is 346 g/mol. The molecule has 1 saturated carbocycles. The van der Waals surface area contributed by atoms with E-state index in [9.17, 15) is 4.79 Å². The number of carbonyl (C=O) groups is 1. The van der Waals surface area contributed by atoms with Crippen molar-refractivity contribution in [2.45, 2.75) is 57.3 Å². The zero-order valence-corrected chi connectivity index (χ0v) is 16.2. The van der Waals surface area contributed by atoms with Crippen LogP contribution in [-0.4, -0.2) is 44.0 Å². The third-order valence-corrected chi connectivity index (χ3v) is 5.82. The van der Waals surface area contributed by atoms with E-state index in [1.165, 1.54) is 0 Å². The van der Waals surface area contributed by atoms with Gasteiger partial charge in [0.2, 0.25) is 0 Å². The van der Waals surface area contributed by atoms with E-state index in [-0.39, 0.29) is 18.1 Å². The number of hydrogen-bond acceptors (Lipinski definition) is 5. The summed E-state index contributed by atoms with van der Waals surface area (Å²) in [5.74, 6) is 0.511. The molecule has 2 fully saturated rings. The summed E-state index contributed by atoms with van der Waals surface area (Å²) in [6.07, 6.45) is 3.60. The van der Waals surface area contributed by atoms with Crippen LogP contribution in [0.15, 0.2) is 24.0 Å². The van der Waals surface area contributed by atoms with Gasteiger partial charge in [0.25, 0.3) is 5.91 Å². The number of hydrogen-bond donors (Lipinski definition) is 1. The average molecular weight is 373 g/mol. The second-order valence-electron chi connectivity index (χ2n) is 7.82. The quantitative estimate of drug-likeness (QED) is 0.472. The van der Waals surface area contributed by atoms with Gasteiger partial charge in [-0.25, -0.2) is 0 Å². The first-order chi connectivity index (χ1) is 13.0. The van der Waals surface area contributed by atoms with Crippen LogP contribution in [0.1, 0.15) is 42.4 Å². The van der Waals surface area contributed by atoms with Crippen LogP contribution in [0.4, 0.5) is 0 Å². The van der Waals surface area contributed by atoms with Gasteiger partial charge in [-0.3, -0.25) is 4.79 Å². The topological polar surface area (TPSA) is 69.3 Å². The summed E-state index contributed by atoms with van der Waals surface area (Å²) in [7, 11) is 1.74. The number of ether oxygens (including phenoxy) is 2. The Morgan fingerprint density at radius 1 is 1.26 bits per heavy atom. The lowest BCUT2D eigenvalue weighted by molar-refractivity contribution is -0.271. The van der Waals surface area contributed by atoms with Gasteiger partial charge >= 0.3 is 0 Å². The Bertz CT molecular complexity index is 760. The molecule has 1 N–H and O–H groups in total. The van der Waals surface area contributed by atoms with Crippen LogP contribution in [0, 0.1) is 13.8 Å². The summed E-state index contributed by atoms with van der Waals surface area (Å²) in [6.45, 7) is 5.11. The highest BCUT2D eigenvalue weighted by atomic mass is 17.2. The first-order valence-corrected chi connectivity index (χ1v) is 9.61.